The van der Waals surface area contributed by atoms with Gasteiger partial charge in [0.05, 0.1) is 0 Å². The Labute approximate surface area is 94.4 Å². The molecular formula is C13H26N2. The van der Waals surface area contributed by atoms with E-state index in [1.54, 1.807) is 0 Å². The average molecular weight is 210 g/mol. The minimum Gasteiger partial charge on any atom is -0.314 e. The second kappa shape index (κ2) is 4.84. The Kier molecular flexibility index (Phi) is 3.68. The Morgan fingerprint density at radius 3 is 2.40 bits per heavy atom. The molecule has 2 rings (SSSR count). The summed E-state index contributed by atoms with van der Waals surface area (Å²) in [6.45, 7) is 7.04. The highest BCUT2D eigenvalue weighted by Gasteiger charge is 2.35. The Balaban J connectivity index is 1.67. The van der Waals surface area contributed by atoms with Crippen molar-refractivity contribution in [3.63, 3.8) is 0 Å². The normalized spacial score (nSPS) is 31.0. The van der Waals surface area contributed by atoms with Crippen LogP contribution in [0.4, 0.5) is 0 Å². The minimum atomic E-state index is 0.639. The molecule has 15 heavy (non-hydrogen) atoms. The summed E-state index contributed by atoms with van der Waals surface area (Å²) < 4.78 is 0. The molecule has 2 unspecified atom stereocenters. The van der Waals surface area contributed by atoms with Crippen molar-refractivity contribution in [1.82, 2.24) is 10.2 Å². The molecule has 2 heteroatoms. The molecule has 0 heterocycles. The summed E-state index contributed by atoms with van der Waals surface area (Å²) in [4.78, 5) is 2.62. The molecule has 2 saturated carbocycles. The van der Waals surface area contributed by atoms with E-state index in [0.29, 0.717) is 6.04 Å². The lowest BCUT2D eigenvalue weighted by Crippen LogP contribution is -2.50. The van der Waals surface area contributed by atoms with Gasteiger partial charge in [-0.15, -0.1) is 0 Å². The molecule has 2 nitrogen and oxygen atoms in total. The average Bonchev–Trinajstić information content (AvgIpc) is 2.85. The van der Waals surface area contributed by atoms with E-state index in [1.165, 1.54) is 38.8 Å². The molecule has 0 aromatic rings. The van der Waals surface area contributed by atoms with Crippen molar-refractivity contribution in [1.29, 1.82) is 0 Å². The van der Waals surface area contributed by atoms with Crippen LogP contribution in [-0.2, 0) is 0 Å². The summed E-state index contributed by atoms with van der Waals surface area (Å²) in [5.41, 5.74) is 0. The summed E-state index contributed by atoms with van der Waals surface area (Å²) in [5.74, 6) is 1.95. The molecule has 0 radical (unpaired) electrons. The molecule has 0 bridgehead atoms. The minimum absolute atomic E-state index is 0.639. The zero-order chi connectivity index (χ0) is 10.8. The topological polar surface area (TPSA) is 15.3 Å². The Bertz CT molecular complexity index is 199. The molecule has 0 aliphatic heterocycles. The fourth-order valence-corrected chi connectivity index (χ4v) is 2.60. The largest absolute Gasteiger partial charge is 0.314 e. The predicted octanol–water partition coefficient (Wildman–Crippen LogP) is 2.10. The van der Waals surface area contributed by atoms with Crippen LogP contribution in [0.15, 0.2) is 0 Å². The van der Waals surface area contributed by atoms with Gasteiger partial charge in [-0.1, -0.05) is 13.8 Å². The van der Waals surface area contributed by atoms with E-state index in [-0.39, 0.29) is 0 Å². The van der Waals surface area contributed by atoms with Crippen molar-refractivity contribution in [2.45, 2.75) is 51.6 Å². The second-order valence-corrected chi connectivity index (χ2v) is 5.85. The second-order valence-electron chi connectivity index (χ2n) is 5.85. The van der Waals surface area contributed by atoms with Crippen LogP contribution >= 0.6 is 0 Å². The van der Waals surface area contributed by atoms with E-state index in [4.69, 9.17) is 0 Å². The first-order valence-electron chi connectivity index (χ1n) is 6.60. The number of nitrogens with zero attached hydrogens (tertiary/aromatic N) is 1. The molecule has 1 N–H and O–H groups in total. The van der Waals surface area contributed by atoms with Crippen molar-refractivity contribution < 1.29 is 0 Å². The maximum atomic E-state index is 3.57. The van der Waals surface area contributed by atoms with Crippen LogP contribution in [0.3, 0.4) is 0 Å². The Morgan fingerprint density at radius 2 is 1.93 bits per heavy atom. The van der Waals surface area contributed by atoms with Gasteiger partial charge in [0.2, 0.25) is 0 Å². The summed E-state index contributed by atoms with van der Waals surface area (Å²) in [6.07, 6.45) is 5.81. The summed E-state index contributed by atoms with van der Waals surface area (Å²) in [7, 11) is 2.32. The number of rotatable bonds is 6. The molecule has 0 aromatic carbocycles. The fraction of sp³-hybridized carbons (Fsp3) is 1.00. The van der Waals surface area contributed by atoms with E-state index in [1.807, 2.05) is 0 Å². The quantitative estimate of drug-likeness (QED) is 0.722. The summed E-state index contributed by atoms with van der Waals surface area (Å²) in [5, 5.41) is 3.57. The zero-order valence-electron chi connectivity index (χ0n) is 10.5. The van der Waals surface area contributed by atoms with E-state index < -0.39 is 0 Å². The van der Waals surface area contributed by atoms with Gasteiger partial charge in [0.1, 0.15) is 0 Å². The molecule has 2 atom stereocenters. The highest BCUT2D eigenvalue weighted by atomic mass is 15.2. The molecule has 88 valence electrons. The number of nitrogens with one attached hydrogen (secondary N) is 1. The van der Waals surface area contributed by atoms with E-state index in [9.17, 15) is 0 Å². The molecule has 0 amide bonds. The molecule has 2 fully saturated rings. The van der Waals surface area contributed by atoms with Gasteiger partial charge in [-0.3, -0.25) is 0 Å². The van der Waals surface area contributed by atoms with Crippen molar-refractivity contribution in [2.75, 3.05) is 20.1 Å². The third-order valence-electron chi connectivity index (χ3n) is 3.97. The summed E-state index contributed by atoms with van der Waals surface area (Å²) >= 11 is 0. The zero-order valence-corrected chi connectivity index (χ0v) is 10.5. The van der Waals surface area contributed by atoms with Crippen LogP contribution in [0.2, 0.25) is 0 Å². The van der Waals surface area contributed by atoms with Gasteiger partial charge in [-0.2, -0.15) is 0 Å². The van der Waals surface area contributed by atoms with Crippen LogP contribution in [0.25, 0.3) is 0 Å². The monoisotopic (exact) mass is 210 g/mol. The molecule has 0 spiro atoms. The van der Waals surface area contributed by atoms with Gasteiger partial charge in [0, 0.05) is 18.6 Å². The molecule has 0 aromatic heterocycles. The lowest BCUT2D eigenvalue weighted by atomic mass is 9.78. The first kappa shape index (κ1) is 11.4. The SMILES string of the molecule is CC(C)NCC1CCC1N(C)CC1CC1. The third-order valence-corrected chi connectivity index (χ3v) is 3.97. The molecule has 2 aliphatic rings. The van der Waals surface area contributed by atoms with Crippen molar-refractivity contribution in [3.05, 3.63) is 0 Å². The fourth-order valence-electron chi connectivity index (χ4n) is 2.60. The summed E-state index contributed by atoms with van der Waals surface area (Å²) in [6, 6.07) is 1.51. The smallest absolute Gasteiger partial charge is 0.0133 e. The van der Waals surface area contributed by atoms with Crippen molar-refractivity contribution in [2.24, 2.45) is 11.8 Å². The number of hydrogen-bond acceptors (Lipinski definition) is 2. The van der Waals surface area contributed by atoms with E-state index in [0.717, 1.165) is 17.9 Å². The first-order chi connectivity index (χ1) is 7.16. The maximum Gasteiger partial charge on any atom is 0.0133 e. The van der Waals surface area contributed by atoms with Gasteiger partial charge in [0.25, 0.3) is 0 Å². The Morgan fingerprint density at radius 1 is 1.20 bits per heavy atom. The number of hydrogen-bond donors (Lipinski definition) is 1. The van der Waals surface area contributed by atoms with Gasteiger partial charge in [-0.05, 0) is 51.1 Å². The van der Waals surface area contributed by atoms with Crippen LogP contribution in [-0.4, -0.2) is 37.1 Å². The first-order valence-corrected chi connectivity index (χ1v) is 6.60. The van der Waals surface area contributed by atoms with Crippen LogP contribution in [0.1, 0.15) is 39.5 Å². The lowest BCUT2D eigenvalue weighted by Gasteiger charge is -2.43. The van der Waals surface area contributed by atoms with Gasteiger partial charge < -0.3 is 10.2 Å². The van der Waals surface area contributed by atoms with Crippen LogP contribution < -0.4 is 5.32 Å². The van der Waals surface area contributed by atoms with Crippen molar-refractivity contribution >= 4 is 0 Å². The van der Waals surface area contributed by atoms with Crippen molar-refractivity contribution in [3.8, 4) is 0 Å². The predicted molar refractivity (Wildman–Crippen MR) is 65.0 cm³/mol. The van der Waals surface area contributed by atoms with E-state index >= 15 is 0 Å². The Hall–Kier alpha value is -0.0800. The lowest BCUT2D eigenvalue weighted by molar-refractivity contribution is 0.0789. The van der Waals surface area contributed by atoms with Gasteiger partial charge in [-0.25, -0.2) is 0 Å². The third kappa shape index (κ3) is 3.18. The molecule has 0 saturated heterocycles. The molecular weight excluding hydrogens is 184 g/mol. The molecule has 2 aliphatic carbocycles. The highest BCUT2D eigenvalue weighted by molar-refractivity contribution is 4.91. The van der Waals surface area contributed by atoms with E-state index in [2.05, 4.69) is 31.1 Å². The maximum absolute atomic E-state index is 3.57. The standard InChI is InChI=1S/C13H26N2/c1-10(2)14-8-12-6-7-13(12)15(3)9-11-4-5-11/h10-14H,4-9H2,1-3H3. The van der Waals surface area contributed by atoms with Gasteiger partial charge in [0.15, 0.2) is 0 Å². The van der Waals surface area contributed by atoms with Gasteiger partial charge >= 0.3 is 0 Å². The van der Waals surface area contributed by atoms with Crippen LogP contribution in [0, 0.1) is 11.8 Å². The highest BCUT2D eigenvalue weighted by Crippen LogP contribution is 2.35. The van der Waals surface area contributed by atoms with Crippen LogP contribution in [0.5, 0.6) is 0 Å².